The minimum Gasteiger partial charge on any atom is -0.497 e. The van der Waals surface area contributed by atoms with E-state index in [-0.39, 0.29) is 0 Å². The predicted molar refractivity (Wildman–Crippen MR) is 94.2 cm³/mol. The Labute approximate surface area is 133 Å². The number of nitrogens with zero attached hydrogens (tertiary/aromatic N) is 1. The lowest BCUT2D eigenvalue weighted by Gasteiger charge is -2.30. The number of methoxy groups -OCH3 is 1. The van der Waals surface area contributed by atoms with E-state index in [9.17, 15) is 0 Å². The van der Waals surface area contributed by atoms with E-state index in [2.05, 4.69) is 43.2 Å². The Morgan fingerprint density at radius 3 is 2.19 bits per heavy atom. The van der Waals surface area contributed by atoms with Gasteiger partial charge in [-0.2, -0.15) is 0 Å². The van der Waals surface area contributed by atoms with Crippen molar-refractivity contribution < 1.29 is 4.74 Å². The van der Waals surface area contributed by atoms with Crippen molar-refractivity contribution >= 4 is 23.0 Å². The van der Waals surface area contributed by atoms with Gasteiger partial charge in [0.2, 0.25) is 0 Å². The monoisotopic (exact) mass is 309 g/mol. The van der Waals surface area contributed by atoms with Crippen molar-refractivity contribution in [2.24, 2.45) is 0 Å². The number of thiocarbonyl (C=S) groups is 1. The molecule has 2 N–H and O–H groups in total. The molecule has 1 aromatic carbocycles. The lowest BCUT2D eigenvalue weighted by molar-refractivity contribution is 0.178. The minimum atomic E-state index is 0.537. The van der Waals surface area contributed by atoms with Crippen LogP contribution in [0.3, 0.4) is 0 Å². The highest BCUT2D eigenvalue weighted by Gasteiger charge is 2.12. The Bertz CT molecular complexity index is 424. The Hall–Kier alpha value is -1.33. The van der Waals surface area contributed by atoms with Crippen LogP contribution in [0, 0.1) is 0 Å². The van der Waals surface area contributed by atoms with Gasteiger partial charge in [0.1, 0.15) is 5.75 Å². The highest BCUT2D eigenvalue weighted by atomic mass is 32.1. The van der Waals surface area contributed by atoms with Gasteiger partial charge in [-0.1, -0.05) is 0 Å². The van der Waals surface area contributed by atoms with Crippen LogP contribution in [0.25, 0.3) is 0 Å². The lowest BCUT2D eigenvalue weighted by Crippen LogP contribution is -2.43. The van der Waals surface area contributed by atoms with E-state index >= 15 is 0 Å². The summed E-state index contributed by atoms with van der Waals surface area (Å²) in [6.07, 6.45) is 0. The van der Waals surface area contributed by atoms with E-state index in [1.807, 2.05) is 24.3 Å². The summed E-state index contributed by atoms with van der Waals surface area (Å²) in [6, 6.07) is 8.78. The van der Waals surface area contributed by atoms with Gasteiger partial charge in [-0.3, -0.25) is 4.90 Å². The van der Waals surface area contributed by atoms with Gasteiger partial charge in [-0.25, -0.2) is 0 Å². The number of ether oxygens (including phenoxy) is 1. The standard InChI is InChI=1S/C16H27N3OS/c1-12(2)19(13(3)4)11-10-17-16(21)18-14-6-8-15(20-5)9-7-14/h6-9,12-13H,10-11H2,1-5H3,(H2,17,18,21). The molecule has 0 aliphatic rings. The molecule has 0 aliphatic heterocycles. The molecule has 0 bridgehead atoms. The third kappa shape index (κ3) is 6.31. The molecule has 4 nitrogen and oxygen atoms in total. The van der Waals surface area contributed by atoms with Crippen molar-refractivity contribution in [2.75, 3.05) is 25.5 Å². The zero-order chi connectivity index (χ0) is 15.8. The molecule has 21 heavy (non-hydrogen) atoms. The fraction of sp³-hybridized carbons (Fsp3) is 0.562. The highest BCUT2D eigenvalue weighted by molar-refractivity contribution is 7.80. The maximum Gasteiger partial charge on any atom is 0.170 e. The SMILES string of the molecule is COc1ccc(NC(=S)NCCN(C(C)C)C(C)C)cc1. The minimum absolute atomic E-state index is 0.537. The van der Waals surface area contributed by atoms with Crippen molar-refractivity contribution in [3.05, 3.63) is 24.3 Å². The summed E-state index contributed by atoms with van der Waals surface area (Å²) in [7, 11) is 1.66. The molecule has 0 radical (unpaired) electrons. The summed E-state index contributed by atoms with van der Waals surface area (Å²) < 4.78 is 5.13. The molecule has 0 heterocycles. The highest BCUT2D eigenvalue weighted by Crippen LogP contribution is 2.14. The second kappa shape index (κ2) is 8.85. The van der Waals surface area contributed by atoms with Crippen LogP contribution in [-0.2, 0) is 0 Å². The summed E-state index contributed by atoms with van der Waals surface area (Å²) in [4.78, 5) is 2.43. The van der Waals surface area contributed by atoms with E-state index in [1.54, 1.807) is 7.11 Å². The number of hydrogen-bond acceptors (Lipinski definition) is 3. The molecular weight excluding hydrogens is 282 g/mol. The van der Waals surface area contributed by atoms with Gasteiger partial charge in [-0.15, -0.1) is 0 Å². The second-order valence-corrected chi connectivity index (χ2v) is 5.94. The summed E-state index contributed by atoms with van der Waals surface area (Å²) in [5.41, 5.74) is 0.956. The molecule has 1 rings (SSSR count). The summed E-state index contributed by atoms with van der Waals surface area (Å²) >= 11 is 5.31. The Morgan fingerprint density at radius 1 is 1.14 bits per heavy atom. The van der Waals surface area contributed by atoms with E-state index in [0.717, 1.165) is 24.5 Å². The van der Waals surface area contributed by atoms with E-state index in [0.29, 0.717) is 17.2 Å². The van der Waals surface area contributed by atoms with Gasteiger partial charge in [0.25, 0.3) is 0 Å². The molecule has 118 valence electrons. The van der Waals surface area contributed by atoms with Crippen molar-refractivity contribution in [2.45, 2.75) is 39.8 Å². The van der Waals surface area contributed by atoms with Crippen molar-refractivity contribution in [3.8, 4) is 5.75 Å². The Kier molecular flexibility index (Phi) is 7.47. The topological polar surface area (TPSA) is 36.5 Å². The smallest absolute Gasteiger partial charge is 0.170 e. The van der Waals surface area contributed by atoms with Gasteiger partial charge >= 0.3 is 0 Å². The molecule has 0 spiro atoms. The van der Waals surface area contributed by atoms with Crippen molar-refractivity contribution in [1.82, 2.24) is 10.2 Å². The molecule has 0 amide bonds. The molecule has 0 atom stereocenters. The Morgan fingerprint density at radius 2 is 1.71 bits per heavy atom. The second-order valence-electron chi connectivity index (χ2n) is 5.53. The first-order valence-electron chi connectivity index (χ1n) is 7.38. The fourth-order valence-electron chi connectivity index (χ4n) is 2.26. The first-order chi connectivity index (χ1) is 9.93. The lowest BCUT2D eigenvalue weighted by atomic mass is 10.2. The first-order valence-corrected chi connectivity index (χ1v) is 7.79. The fourth-order valence-corrected chi connectivity index (χ4v) is 2.48. The van der Waals surface area contributed by atoms with Crippen LogP contribution >= 0.6 is 12.2 Å². The predicted octanol–water partition coefficient (Wildman–Crippen LogP) is 3.10. The summed E-state index contributed by atoms with van der Waals surface area (Å²) in [5, 5.41) is 7.06. The zero-order valence-corrected chi connectivity index (χ0v) is 14.5. The van der Waals surface area contributed by atoms with Crippen LogP contribution in [0.15, 0.2) is 24.3 Å². The van der Waals surface area contributed by atoms with Crippen LogP contribution in [0.1, 0.15) is 27.7 Å². The maximum atomic E-state index is 5.31. The number of nitrogens with one attached hydrogen (secondary N) is 2. The quantitative estimate of drug-likeness (QED) is 0.757. The summed E-state index contributed by atoms with van der Waals surface area (Å²) in [5.74, 6) is 0.837. The van der Waals surface area contributed by atoms with Crippen molar-refractivity contribution in [1.29, 1.82) is 0 Å². The third-order valence-corrected chi connectivity index (χ3v) is 3.58. The molecule has 0 saturated heterocycles. The number of anilines is 1. The molecular formula is C16H27N3OS. The van der Waals surface area contributed by atoms with Crippen LogP contribution in [-0.4, -0.2) is 42.3 Å². The van der Waals surface area contributed by atoms with Gasteiger partial charge in [0.05, 0.1) is 7.11 Å². The number of benzene rings is 1. The zero-order valence-electron chi connectivity index (χ0n) is 13.6. The molecule has 0 aromatic heterocycles. The molecule has 5 heteroatoms. The van der Waals surface area contributed by atoms with Crippen LogP contribution in [0.5, 0.6) is 5.75 Å². The average Bonchev–Trinajstić information content (AvgIpc) is 2.43. The average molecular weight is 309 g/mol. The van der Waals surface area contributed by atoms with Gasteiger partial charge in [0.15, 0.2) is 5.11 Å². The molecule has 1 aromatic rings. The molecule has 0 aliphatic carbocycles. The summed E-state index contributed by atoms with van der Waals surface area (Å²) in [6.45, 7) is 10.7. The largest absolute Gasteiger partial charge is 0.497 e. The van der Waals surface area contributed by atoms with Gasteiger partial charge < -0.3 is 15.4 Å². The maximum absolute atomic E-state index is 5.31. The Balaban J connectivity index is 2.36. The molecule has 0 unspecified atom stereocenters. The molecule has 0 fully saturated rings. The van der Waals surface area contributed by atoms with E-state index in [4.69, 9.17) is 17.0 Å². The first kappa shape index (κ1) is 17.7. The number of hydrogen-bond donors (Lipinski definition) is 2. The number of rotatable bonds is 7. The van der Waals surface area contributed by atoms with Crippen LogP contribution in [0.2, 0.25) is 0 Å². The van der Waals surface area contributed by atoms with E-state index in [1.165, 1.54) is 0 Å². The molecule has 0 saturated carbocycles. The normalized spacial score (nSPS) is 11.0. The van der Waals surface area contributed by atoms with Crippen LogP contribution < -0.4 is 15.4 Å². The third-order valence-electron chi connectivity index (χ3n) is 3.33. The van der Waals surface area contributed by atoms with Crippen molar-refractivity contribution in [3.63, 3.8) is 0 Å². The van der Waals surface area contributed by atoms with Gasteiger partial charge in [-0.05, 0) is 64.2 Å². The van der Waals surface area contributed by atoms with E-state index < -0.39 is 0 Å². The van der Waals surface area contributed by atoms with Gasteiger partial charge in [0, 0.05) is 30.9 Å². The van der Waals surface area contributed by atoms with Crippen LogP contribution in [0.4, 0.5) is 5.69 Å².